The Hall–Kier alpha value is -3.00. The van der Waals surface area contributed by atoms with Crippen LogP contribution in [0.15, 0.2) is 24.4 Å². The Morgan fingerprint density at radius 3 is 2.34 bits per heavy atom. The largest absolute Gasteiger partial charge is 0.448 e. The first-order chi connectivity index (χ1) is 37.1. The highest BCUT2D eigenvalue weighted by Gasteiger charge is 2.53. The van der Waals surface area contributed by atoms with E-state index in [1.807, 2.05) is 65.2 Å². The molecule has 448 valence electrons. The van der Waals surface area contributed by atoms with Gasteiger partial charge in [-0.3, -0.25) is 14.6 Å². The molecule has 23 nitrogen and oxygen atoms in total. The molecule has 0 bridgehead atoms. The summed E-state index contributed by atoms with van der Waals surface area (Å²) in [6.45, 7) is 19.3. The number of aliphatic hydroxyl groups excluding tert-OH is 3. The molecule has 1 aromatic heterocycles. The van der Waals surface area contributed by atoms with E-state index in [9.17, 15) is 35.1 Å². The molecule has 5 fully saturated rings. The van der Waals surface area contributed by atoms with Crippen molar-refractivity contribution >= 4 is 46.0 Å². The van der Waals surface area contributed by atoms with Crippen molar-refractivity contribution in [1.29, 1.82) is 0 Å². The summed E-state index contributed by atoms with van der Waals surface area (Å²) in [4.78, 5) is 34.4. The van der Waals surface area contributed by atoms with E-state index in [1.165, 1.54) is 25.0 Å². The number of benzene rings is 1. The van der Waals surface area contributed by atoms with E-state index in [-0.39, 0.29) is 45.1 Å². The Kier molecular flexibility index (Phi) is 21.5. The molecule has 5 aliphatic rings. The first-order valence-electron chi connectivity index (χ1n) is 27.6. The molecule has 1 aromatic carbocycles. The molecular weight excluding hydrogens is 1150 g/mol. The lowest BCUT2D eigenvalue weighted by atomic mass is 9.77. The van der Waals surface area contributed by atoms with Crippen LogP contribution in [-0.4, -0.2) is 231 Å². The fourth-order valence-electron chi connectivity index (χ4n) is 11.9. The number of alkyl halides is 1. The lowest BCUT2D eigenvalue weighted by Gasteiger charge is -2.49. The number of esters is 1. The van der Waals surface area contributed by atoms with Crippen LogP contribution in [0, 0.1) is 23.6 Å². The lowest BCUT2D eigenvalue weighted by Crippen LogP contribution is -2.61. The number of rotatable bonds is 15. The summed E-state index contributed by atoms with van der Waals surface area (Å²) < 4.78 is 70.6. The van der Waals surface area contributed by atoms with Crippen molar-refractivity contribution in [3.05, 3.63) is 35.9 Å². The number of carbonyl (C=O) groups excluding carboxylic acids is 2. The second-order valence-corrected chi connectivity index (χ2v) is 24.6. The van der Waals surface area contributed by atoms with Crippen molar-refractivity contribution in [1.82, 2.24) is 24.8 Å². The minimum atomic E-state index is -1.88. The van der Waals surface area contributed by atoms with Crippen LogP contribution in [0.2, 0.25) is 0 Å². The number of cyclic esters (lactones) is 2. The van der Waals surface area contributed by atoms with E-state index < -0.39 is 124 Å². The summed E-state index contributed by atoms with van der Waals surface area (Å²) in [6.07, 6.45) is -8.00. The third-order valence-corrected chi connectivity index (χ3v) is 18.3. The SMILES string of the molecule is CO[C@]1(C)C[C@H](O[C@H]2[C@H](C)[C@@H](O[C@@H]3O[C@H](C)C[C@H](N(C)CCOCc4cn(C[C@H]5CN(c6ccc(N7CCOCC7)c(F)c6)C(=O)O5)nn4)[C@H]3O)[C@](C)(O)C[C@@H](C)CN(C)[C@H](C)[C@@H](O)[C@](C)(O)[C@@H](I)OC(=O)[C@@H]2C)O[C@@H](C)[C@@H]1O. The Balaban J connectivity index is 1.01. The monoisotopic (exact) mass is 1240 g/mol. The van der Waals surface area contributed by atoms with Gasteiger partial charge in [0.1, 0.15) is 41.5 Å². The van der Waals surface area contributed by atoms with Crippen molar-refractivity contribution in [3.8, 4) is 0 Å². The smallest absolute Gasteiger partial charge is 0.414 e. The summed E-state index contributed by atoms with van der Waals surface area (Å²) in [5.74, 6) is -3.35. The van der Waals surface area contributed by atoms with Crippen molar-refractivity contribution in [2.75, 3.05) is 83.5 Å². The van der Waals surface area contributed by atoms with Gasteiger partial charge in [0, 0.05) is 57.7 Å². The van der Waals surface area contributed by atoms with Crippen LogP contribution in [0.25, 0.3) is 0 Å². The maximum atomic E-state index is 15.2. The summed E-state index contributed by atoms with van der Waals surface area (Å²) in [5.41, 5.74) is -3.22. The zero-order chi connectivity index (χ0) is 57.9. The van der Waals surface area contributed by atoms with Gasteiger partial charge in [-0.2, -0.15) is 0 Å². The predicted molar refractivity (Wildman–Crippen MR) is 294 cm³/mol. The first kappa shape index (κ1) is 63.6. The molecule has 6 heterocycles. The Bertz CT molecular complexity index is 2320. The van der Waals surface area contributed by atoms with Gasteiger partial charge in [-0.1, -0.05) is 19.1 Å². The van der Waals surface area contributed by atoms with Gasteiger partial charge in [-0.05, 0) is 122 Å². The molecule has 1 amide bonds. The number of anilines is 2. The van der Waals surface area contributed by atoms with E-state index in [1.54, 1.807) is 64.6 Å². The molecule has 79 heavy (non-hydrogen) atoms. The van der Waals surface area contributed by atoms with Gasteiger partial charge in [0.15, 0.2) is 16.7 Å². The highest BCUT2D eigenvalue weighted by molar-refractivity contribution is 14.1. The zero-order valence-electron chi connectivity index (χ0n) is 47.9. The molecule has 5 saturated heterocycles. The molecule has 2 aromatic rings. The van der Waals surface area contributed by atoms with Gasteiger partial charge >= 0.3 is 12.1 Å². The number of amides is 1. The molecule has 19 atom stereocenters. The summed E-state index contributed by atoms with van der Waals surface area (Å²) in [5, 5.41) is 67.8. The number of aliphatic hydroxyl groups is 5. The molecule has 0 radical (unpaired) electrons. The average molecular weight is 1240 g/mol. The number of hydrogen-bond acceptors (Lipinski definition) is 21. The molecule has 0 unspecified atom stereocenters. The molecule has 0 spiro atoms. The van der Waals surface area contributed by atoms with Gasteiger partial charge < -0.3 is 78.0 Å². The molecule has 5 N–H and O–H groups in total. The lowest BCUT2D eigenvalue weighted by molar-refractivity contribution is -0.318. The Morgan fingerprint density at radius 1 is 0.949 bits per heavy atom. The van der Waals surface area contributed by atoms with Gasteiger partial charge in [-0.25, -0.2) is 13.9 Å². The Morgan fingerprint density at radius 2 is 1.66 bits per heavy atom. The quantitative estimate of drug-likeness (QED) is 0.0743. The van der Waals surface area contributed by atoms with E-state index in [0.717, 1.165) is 0 Å². The van der Waals surface area contributed by atoms with Crippen LogP contribution in [0.3, 0.4) is 0 Å². The van der Waals surface area contributed by atoms with Crippen molar-refractivity contribution in [2.24, 2.45) is 17.8 Å². The van der Waals surface area contributed by atoms with Crippen LogP contribution in [0.1, 0.15) is 87.3 Å². The molecule has 0 saturated carbocycles. The summed E-state index contributed by atoms with van der Waals surface area (Å²) in [6, 6.07) is 3.65. The number of morpholine rings is 1. The molecular formula is C54H87FIN7O16. The number of hydrogen-bond donors (Lipinski definition) is 5. The zero-order valence-corrected chi connectivity index (χ0v) is 50.0. The third kappa shape index (κ3) is 15.0. The number of halogens is 2. The maximum absolute atomic E-state index is 15.2. The molecule has 5 aliphatic heterocycles. The fraction of sp³-hybridized carbons (Fsp3) is 0.815. The number of aromatic nitrogens is 3. The van der Waals surface area contributed by atoms with Gasteiger partial charge in [-0.15, -0.1) is 5.10 Å². The second kappa shape index (κ2) is 26.7. The average Bonchev–Trinajstić information content (AvgIpc) is 4.01. The van der Waals surface area contributed by atoms with Crippen LogP contribution in [0.4, 0.5) is 20.6 Å². The third-order valence-electron chi connectivity index (χ3n) is 16.8. The van der Waals surface area contributed by atoms with Crippen molar-refractivity contribution in [2.45, 2.75) is 189 Å². The summed E-state index contributed by atoms with van der Waals surface area (Å²) >= 11 is 1.82. The Labute approximate surface area is 477 Å². The number of likely N-dealkylation sites (N-methyl/N-ethyl adjacent to an activating group) is 2. The van der Waals surface area contributed by atoms with Gasteiger partial charge in [0.25, 0.3) is 0 Å². The first-order valence-corrected chi connectivity index (χ1v) is 28.9. The van der Waals surface area contributed by atoms with E-state index in [4.69, 9.17) is 42.6 Å². The highest BCUT2D eigenvalue weighted by Crippen LogP contribution is 2.41. The minimum Gasteiger partial charge on any atom is -0.448 e. The normalized spacial score (nSPS) is 39.8. The van der Waals surface area contributed by atoms with Crippen LogP contribution in [-0.2, 0) is 60.6 Å². The van der Waals surface area contributed by atoms with Crippen LogP contribution in [0.5, 0.6) is 0 Å². The van der Waals surface area contributed by atoms with Gasteiger partial charge in [0.2, 0.25) is 0 Å². The highest BCUT2D eigenvalue weighted by atomic mass is 127. The number of carbonyl (C=O) groups is 2. The summed E-state index contributed by atoms with van der Waals surface area (Å²) in [7, 11) is 5.17. The van der Waals surface area contributed by atoms with E-state index in [2.05, 4.69) is 10.3 Å². The number of ether oxygens (including phenoxy) is 9. The predicted octanol–water partition coefficient (Wildman–Crippen LogP) is 3.06. The van der Waals surface area contributed by atoms with Gasteiger partial charge in [0.05, 0.1) is 98.6 Å². The maximum Gasteiger partial charge on any atom is 0.414 e. The van der Waals surface area contributed by atoms with E-state index >= 15 is 4.39 Å². The number of methoxy groups -OCH3 is 1. The number of nitrogens with zero attached hydrogens (tertiary/aromatic N) is 7. The molecule has 0 aliphatic carbocycles. The molecule has 25 heteroatoms. The van der Waals surface area contributed by atoms with Crippen LogP contribution < -0.4 is 9.80 Å². The van der Waals surface area contributed by atoms with Crippen molar-refractivity contribution in [3.63, 3.8) is 0 Å². The molecule has 7 rings (SSSR count). The topological polar surface area (TPSA) is 262 Å². The van der Waals surface area contributed by atoms with Crippen LogP contribution >= 0.6 is 22.6 Å². The fourth-order valence-corrected chi connectivity index (χ4v) is 12.5. The second-order valence-electron chi connectivity index (χ2n) is 23.4. The van der Waals surface area contributed by atoms with E-state index in [0.29, 0.717) is 62.9 Å². The van der Waals surface area contributed by atoms with Crippen molar-refractivity contribution < 1.29 is 82.1 Å². The minimum absolute atomic E-state index is 0.0782. The standard InChI is InChI=1S/C54H87FIN7O16/c1-30-23-52(7,69)47(32(3)44(77-42-24-53(8,71-12)46(66)35(6)75-42)33(4)48(67)79-50(56)54(9,70)45(65)34(5)60(11)25-30)78-49-43(64)41(21-31(2)74-49)59(10)15-18-73-29-36-26-62(58-57-36)27-38-28-63(51(68)76-38)37-13-14-40(39(55)22-37)61-16-19-72-20-17-61/h13-14,22,26,30-35,38,41-47,49-50,64-66,69-70H,15-21,23-25,27-29H2,1-12H3/t30-,31-,32+,33-,34-,35+,38+,41+,42+,43-,44+,45-,46+,47-,49+,50+,52-,53-,54+/m1/s1.